The molecule has 5 rings (SSSR count). The Morgan fingerprint density at radius 3 is 2.57 bits per heavy atom. The number of carbonyl (C=O) groups excluding carboxylic acids is 2. The maximum Gasteiger partial charge on any atom is 0.231 e. The van der Waals surface area contributed by atoms with E-state index in [1.165, 1.54) is 6.07 Å². The summed E-state index contributed by atoms with van der Waals surface area (Å²) < 4.78 is 25.2. The van der Waals surface area contributed by atoms with Crippen molar-refractivity contribution in [2.45, 2.75) is 44.4 Å². The minimum absolute atomic E-state index is 0.0246. The first-order valence-electron chi connectivity index (χ1n) is 11.9. The van der Waals surface area contributed by atoms with Crippen molar-refractivity contribution in [2.75, 3.05) is 13.4 Å². The number of aliphatic hydroxyl groups excluding tert-OH is 1. The van der Waals surface area contributed by atoms with Crippen molar-refractivity contribution in [1.29, 1.82) is 0 Å². The van der Waals surface area contributed by atoms with Crippen LogP contribution in [0.25, 0.3) is 11.1 Å². The fourth-order valence-electron chi connectivity index (χ4n) is 4.77. The van der Waals surface area contributed by atoms with Crippen molar-refractivity contribution < 1.29 is 28.6 Å². The molecule has 180 valence electrons. The van der Waals surface area contributed by atoms with Gasteiger partial charge in [0.1, 0.15) is 11.6 Å². The Bertz CT molecular complexity index is 1310. The molecule has 3 aromatic rings. The van der Waals surface area contributed by atoms with E-state index in [0.29, 0.717) is 17.9 Å². The number of aliphatic hydroxyl groups is 1. The van der Waals surface area contributed by atoms with Crippen LogP contribution >= 0.6 is 0 Å². The fraction of sp³-hybridized carbons (Fsp3) is 0.310. The van der Waals surface area contributed by atoms with Crippen LogP contribution < -0.4 is 9.47 Å². The van der Waals surface area contributed by atoms with Crippen LogP contribution in [0.5, 0.6) is 11.5 Å². The minimum Gasteiger partial charge on any atom is -0.454 e. The zero-order valence-electron chi connectivity index (χ0n) is 19.6. The molecule has 0 saturated heterocycles. The van der Waals surface area contributed by atoms with Crippen LogP contribution in [0.1, 0.15) is 52.7 Å². The molecule has 0 aromatic heterocycles. The summed E-state index contributed by atoms with van der Waals surface area (Å²) in [7, 11) is 0. The number of hydrogen-bond acceptors (Lipinski definition) is 5. The number of hydrogen-bond donors (Lipinski definition) is 1. The molecular weight excluding hydrogens is 447 g/mol. The molecule has 2 aliphatic rings. The van der Waals surface area contributed by atoms with Gasteiger partial charge in [0.25, 0.3) is 0 Å². The lowest BCUT2D eigenvalue weighted by Gasteiger charge is -2.16. The third-order valence-corrected chi connectivity index (χ3v) is 7.02. The number of ether oxygens (including phenoxy) is 2. The van der Waals surface area contributed by atoms with E-state index in [1.807, 2.05) is 43.3 Å². The number of rotatable bonds is 9. The zero-order valence-corrected chi connectivity index (χ0v) is 19.6. The van der Waals surface area contributed by atoms with Crippen molar-refractivity contribution >= 4 is 11.6 Å². The van der Waals surface area contributed by atoms with Crippen LogP contribution in [-0.4, -0.2) is 30.1 Å². The summed E-state index contributed by atoms with van der Waals surface area (Å²) in [6, 6.07) is 16.1. The average molecular weight is 475 g/mol. The van der Waals surface area contributed by atoms with E-state index in [9.17, 15) is 14.0 Å². The molecule has 3 aromatic carbocycles. The molecule has 0 radical (unpaired) electrons. The molecule has 0 atom stereocenters. The zero-order chi connectivity index (χ0) is 24.6. The molecule has 0 spiro atoms. The van der Waals surface area contributed by atoms with Crippen LogP contribution in [0.4, 0.5) is 4.39 Å². The molecule has 0 unspecified atom stereocenters. The highest BCUT2D eigenvalue weighted by Gasteiger charge is 2.50. The molecule has 35 heavy (non-hydrogen) atoms. The Morgan fingerprint density at radius 1 is 1.00 bits per heavy atom. The first kappa shape index (κ1) is 23.2. The Kier molecular flexibility index (Phi) is 6.15. The molecule has 5 nitrogen and oxygen atoms in total. The van der Waals surface area contributed by atoms with Gasteiger partial charge in [0.05, 0.1) is 11.0 Å². The lowest BCUT2D eigenvalue weighted by atomic mass is 9.86. The number of carbonyl (C=O) groups is 2. The highest BCUT2D eigenvalue weighted by Crippen LogP contribution is 2.51. The van der Waals surface area contributed by atoms with Crippen molar-refractivity contribution in [1.82, 2.24) is 0 Å². The topological polar surface area (TPSA) is 72.8 Å². The molecule has 1 aliphatic heterocycles. The number of benzene rings is 3. The van der Waals surface area contributed by atoms with Gasteiger partial charge in [-0.25, -0.2) is 4.39 Å². The predicted molar refractivity (Wildman–Crippen MR) is 129 cm³/mol. The molecular formula is C29H27FO5. The summed E-state index contributed by atoms with van der Waals surface area (Å²) >= 11 is 0. The van der Waals surface area contributed by atoms with Gasteiger partial charge in [0.2, 0.25) is 6.79 Å². The van der Waals surface area contributed by atoms with E-state index in [4.69, 9.17) is 14.6 Å². The van der Waals surface area contributed by atoms with Gasteiger partial charge in [-0.05, 0) is 78.3 Å². The minimum atomic E-state index is -0.569. The number of Topliss-reactive ketones (excluding diaryl/α,β-unsaturated/α-hetero) is 2. The second kappa shape index (κ2) is 9.27. The predicted octanol–water partition coefficient (Wildman–Crippen LogP) is 5.33. The summed E-state index contributed by atoms with van der Waals surface area (Å²) in [6.07, 6.45) is 2.28. The van der Waals surface area contributed by atoms with E-state index in [0.717, 1.165) is 40.7 Å². The van der Waals surface area contributed by atoms with Gasteiger partial charge >= 0.3 is 0 Å². The first-order chi connectivity index (χ1) is 16.9. The number of fused-ring (bicyclic) bond motifs is 1. The van der Waals surface area contributed by atoms with Gasteiger partial charge in [-0.3, -0.25) is 9.59 Å². The lowest BCUT2D eigenvalue weighted by Crippen LogP contribution is -2.22. The summed E-state index contributed by atoms with van der Waals surface area (Å²) in [5, 5.41) is 8.99. The molecule has 1 heterocycles. The van der Waals surface area contributed by atoms with Crippen molar-refractivity contribution in [3.63, 3.8) is 0 Å². The van der Waals surface area contributed by atoms with Crippen LogP contribution in [-0.2, 0) is 16.6 Å². The average Bonchev–Trinajstić information content (AvgIpc) is 3.55. The van der Waals surface area contributed by atoms with Crippen LogP contribution in [0.3, 0.4) is 0 Å². The third-order valence-electron chi connectivity index (χ3n) is 7.02. The highest BCUT2D eigenvalue weighted by atomic mass is 19.1. The SMILES string of the molecule is Cc1ccc(CC(=O)C2(c3ccc4c(c3)OCO4)CC2)cc1-c1ccc(F)c(C(=O)CCCO)c1. The van der Waals surface area contributed by atoms with E-state index in [-0.39, 0.29) is 43.4 Å². The van der Waals surface area contributed by atoms with Crippen molar-refractivity contribution in [3.05, 3.63) is 82.7 Å². The number of halogens is 1. The molecule has 1 fully saturated rings. The Balaban J connectivity index is 1.39. The van der Waals surface area contributed by atoms with E-state index in [1.54, 1.807) is 12.1 Å². The molecule has 0 amide bonds. The molecule has 6 heteroatoms. The van der Waals surface area contributed by atoms with Gasteiger partial charge in [-0.2, -0.15) is 0 Å². The molecule has 1 saturated carbocycles. The smallest absolute Gasteiger partial charge is 0.231 e. The maximum atomic E-state index is 14.4. The van der Waals surface area contributed by atoms with E-state index in [2.05, 4.69) is 0 Å². The second-order valence-corrected chi connectivity index (χ2v) is 9.34. The number of ketones is 2. The van der Waals surface area contributed by atoms with Gasteiger partial charge in [-0.15, -0.1) is 0 Å². The maximum absolute atomic E-state index is 14.4. The monoisotopic (exact) mass is 474 g/mol. The van der Waals surface area contributed by atoms with Crippen molar-refractivity contribution in [2.24, 2.45) is 0 Å². The van der Waals surface area contributed by atoms with Gasteiger partial charge in [0.15, 0.2) is 17.3 Å². The highest BCUT2D eigenvalue weighted by molar-refractivity contribution is 5.98. The Morgan fingerprint density at radius 2 is 1.80 bits per heavy atom. The molecule has 0 bridgehead atoms. The second-order valence-electron chi connectivity index (χ2n) is 9.34. The standard InChI is InChI=1S/C29H27FO5/c1-18-4-5-19(13-22(18)20-6-8-24(30)23(15-20)25(32)3-2-12-31)14-28(33)29(10-11-29)21-7-9-26-27(16-21)35-17-34-26/h4-9,13,15-16,31H,2-3,10-12,14,17H2,1H3. The van der Waals surface area contributed by atoms with E-state index < -0.39 is 11.2 Å². The van der Waals surface area contributed by atoms with Crippen LogP contribution in [0.2, 0.25) is 0 Å². The molecule has 1 N–H and O–H groups in total. The summed E-state index contributed by atoms with van der Waals surface area (Å²) in [5.41, 5.74) is 3.93. The fourth-order valence-corrected chi connectivity index (χ4v) is 4.77. The number of aryl methyl sites for hydroxylation is 1. The largest absolute Gasteiger partial charge is 0.454 e. The van der Waals surface area contributed by atoms with Gasteiger partial charge < -0.3 is 14.6 Å². The third kappa shape index (κ3) is 4.46. The van der Waals surface area contributed by atoms with Crippen LogP contribution in [0, 0.1) is 12.7 Å². The van der Waals surface area contributed by atoms with Gasteiger partial charge in [-0.1, -0.05) is 30.3 Å². The van der Waals surface area contributed by atoms with E-state index >= 15 is 0 Å². The normalized spacial score (nSPS) is 15.2. The summed E-state index contributed by atoms with van der Waals surface area (Å²) in [4.78, 5) is 25.8. The lowest BCUT2D eigenvalue weighted by molar-refractivity contribution is -0.120. The van der Waals surface area contributed by atoms with Crippen LogP contribution in [0.15, 0.2) is 54.6 Å². The Labute approximate surface area is 203 Å². The summed E-state index contributed by atoms with van der Waals surface area (Å²) in [5.74, 6) is 0.639. The quantitative estimate of drug-likeness (QED) is 0.425. The first-order valence-corrected chi connectivity index (χ1v) is 11.9. The molecule has 1 aliphatic carbocycles. The summed E-state index contributed by atoms with van der Waals surface area (Å²) in [6.45, 7) is 2.03. The van der Waals surface area contributed by atoms with Crippen molar-refractivity contribution in [3.8, 4) is 22.6 Å². The Hall–Kier alpha value is -3.51. The van der Waals surface area contributed by atoms with Gasteiger partial charge in [0, 0.05) is 19.4 Å².